The number of benzene rings is 6. The van der Waals surface area contributed by atoms with Crippen LogP contribution in [0.1, 0.15) is 0 Å². The number of furan rings is 1. The van der Waals surface area contributed by atoms with Crippen LogP contribution in [0.2, 0.25) is 0 Å². The van der Waals surface area contributed by atoms with E-state index in [0.29, 0.717) is 0 Å². The Morgan fingerprint density at radius 2 is 1.20 bits per heavy atom. The highest BCUT2D eigenvalue weighted by Crippen LogP contribution is 2.43. The monoisotopic (exact) mass is 577 g/mol. The molecular formula is C41H27N3O. The highest BCUT2D eigenvalue weighted by atomic mass is 16.3. The fraction of sp³-hybridized carbons (Fsp3) is 0. The Kier molecular flexibility index (Phi) is 5.78. The highest BCUT2D eigenvalue weighted by Gasteiger charge is 2.19. The number of nitrogens with zero attached hydrogens (tertiary/aromatic N) is 3. The van der Waals surface area contributed by atoms with Gasteiger partial charge in [-0.15, -0.1) is 0 Å². The first kappa shape index (κ1) is 25.4. The average molecular weight is 578 g/mol. The Balaban J connectivity index is 1.19. The Labute approximate surface area is 260 Å². The number of hydrogen-bond donors (Lipinski definition) is 0. The third-order valence-electron chi connectivity index (χ3n) is 8.69. The summed E-state index contributed by atoms with van der Waals surface area (Å²) in [5.74, 6) is 0. The normalized spacial score (nSPS) is 11.6. The molecule has 45 heavy (non-hydrogen) atoms. The van der Waals surface area contributed by atoms with Crippen LogP contribution in [0.5, 0.6) is 0 Å². The smallest absolute Gasteiger partial charge is 0.153 e. The van der Waals surface area contributed by atoms with Gasteiger partial charge in [0.1, 0.15) is 5.58 Å². The topological polar surface area (TPSA) is 34.2 Å². The summed E-state index contributed by atoms with van der Waals surface area (Å²) in [5, 5.41) is 4.65. The number of aromatic nitrogens is 2. The lowest BCUT2D eigenvalue weighted by atomic mass is 10.0. The molecule has 0 fully saturated rings. The van der Waals surface area contributed by atoms with Gasteiger partial charge in [-0.1, -0.05) is 84.9 Å². The molecule has 6 aromatic carbocycles. The first-order valence-corrected chi connectivity index (χ1v) is 15.1. The van der Waals surface area contributed by atoms with Gasteiger partial charge in [0.25, 0.3) is 0 Å². The molecule has 0 amide bonds. The maximum absolute atomic E-state index is 6.10. The Bertz CT molecular complexity index is 2440. The van der Waals surface area contributed by atoms with E-state index in [0.717, 1.165) is 55.8 Å². The number of para-hydroxylation sites is 4. The molecular weight excluding hydrogens is 550 g/mol. The molecule has 4 heteroatoms. The minimum absolute atomic E-state index is 0.791. The number of pyridine rings is 1. The van der Waals surface area contributed by atoms with Crippen LogP contribution in [0.15, 0.2) is 168 Å². The van der Waals surface area contributed by atoms with Gasteiger partial charge in [-0.2, -0.15) is 0 Å². The largest absolute Gasteiger partial charge is 0.454 e. The van der Waals surface area contributed by atoms with Crippen LogP contribution in [0.25, 0.3) is 60.6 Å². The Hall–Kier alpha value is -6.13. The van der Waals surface area contributed by atoms with Crippen LogP contribution < -0.4 is 4.90 Å². The number of hydrogen-bond acceptors (Lipinski definition) is 3. The minimum Gasteiger partial charge on any atom is -0.454 e. The van der Waals surface area contributed by atoms with E-state index >= 15 is 0 Å². The first-order valence-electron chi connectivity index (χ1n) is 15.1. The summed E-state index contributed by atoms with van der Waals surface area (Å²) in [5.41, 5.74) is 10.7. The van der Waals surface area contributed by atoms with Gasteiger partial charge in [-0.25, -0.2) is 0 Å². The van der Waals surface area contributed by atoms with Gasteiger partial charge in [0, 0.05) is 50.4 Å². The van der Waals surface area contributed by atoms with Crippen LogP contribution in [0, 0.1) is 0 Å². The molecule has 0 aliphatic carbocycles. The second-order valence-corrected chi connectivity index (χ2v) is 11.3. The van der Waals surface area contributed by atoms with Crippen molar-refractivity contribution in [1.82, 2.24) is 9.55 Å². The van der Waals surface area contributed by atoms with Crippen LogP contribution >= 0.6 is 0 Å². The molecule has 0 saturated carbocycles. The van der Waals surface area contributed by atoms with Crippen LogP contribution in [-0.4, -0.2) is 9.55 Å². The molecule has 0 atom stereocenters. The molecule has 3 aromatic heterocycles. The van der Waals surface area contributed by atoms with Crippen molar-refractivity contribution in [1.29, 1.82) is 0 Å². The summed E-state index contributed by atoms with van der Waals surface area (Å²) in [7, 11) is 0. The highest BCUT2D eigenvalue weighted by molar-refractivity contribution is 6.09. The Morgan fingerprint density at radius 3 is 1.98 bits per heavy atom. The third-order valence-corrected chi connectivity index (χ3v) is 8.69. The van der Waals surface area contributed by atoms with Gasteiger partial charge in [0.05, 0.1) is 22.9 Å². The number of rotatable bonds is 5. The summed E-state index contributed by atoms with van der Waals surface area (Å²) in [6, 6.07) is 53.8. The second-order valence-electron chi connectivity index (χ2n) is 11.3. The zero-order valence-electron chi connectivity index (χ0n) is 24.3. The first-order chi connectivity index (χ1) is 22.3. The average Bonchev–Trinajstić information content (AvgIpc) is 3.65. The van der Waals surface area contributed by atoms with Crippen molar-refractivity contribution in [3.63, 3.8) is 0 Å². The molecule has 0 radical (unpaired) electrons. The van der Waals surface area contributed by atoms with E-state index in [9.17, 15) is 0 Å². The zero-order chi connectivity index (χ0) is 29.7. The standard InChI is InChI=1S/C41H27N3O/c1-2-10-29(11-3-1)43(31-22-23-40-36(26-31)35-24-25-42-27-41(35)45-40)37-15-7-4-12-32(37)28-18-20-30(21-19-28)44-38-16-8-5-13-33(38)34-14-6-9-17-39(34)44/h1-27H. The summed E-state index contributed by atoms with van der Waals surface area (Å²) < 4.78 is 8.46. The summed E-state index contributed by atoms with van der Waals surface area (Å²) in [4.78, 5) is 6.58. The Morgan fingerprint density at radius 1 is 0.511 bits per heavy atom. The molecule has 0 bridgehead atoms. The van der Waals surface area contributed by atoms with Crippen molar-refractivity contribution >= 4 is 60.8 Å². The molecule has 0 saturated heterocycles. The van der Waals surface area contributed by atoms with E-state index < -0.39 is 0 Å². The van der Waals surface area contributed by atoms with E-state index in [4.69, 9.17) is 4.42 Å². The predicted molar refractivity (Wildman–Crippen MR) is 186 cm³/mol. The molecule has 3 heterocycles. The van der Waals surface area contributed by atoms with Gasteiger partial charge in [-0.05, 0) is 72.3 Å². The maximum atomic E-state index is 6.10. The van der Waals surface area contributed by atoms with Gasteiger partial charge in [-0.3, -0.25) is 4.98 Å². The fourth-order valence-corrected chi connectivity index (χ4v) is 6.67. The van der Waals surface area contributed by atoms with E-state index in [1.807, 2.05) is 12.3 Å². The summed E-state index contributed by atoms with van der Waals surface area (Å²) >= 11 is 0. The lowest BCUT2D eigenvalue weighted by molar-refractivity contribution is 0.667. The zero-order valence-corrected chi connectivity index (χ0v) is 24.3. The SMILES string of the molecule is c1ccc(N(c2ccc3oc4cnccc4c3c2)c2ccccc2-c2ccc(-n3c4ccccc4c4ccccc43)cc2)cc1. The molecule has 212 valence electrons. The van der Waals surface area contributed by atoms with Crippen molar-refractivity contribution in [2.45, 2.75) is 0 Å². The van der Waals surface area contributed by atoms with E-state index in [2.05, 4.69) is 160 Å². The van der Waals surface area contributed by atoms with Gasteiger partial charge >= 0.3 is 0 Å². The number of anilines is 3. The molecule has 0 aliphatic rings. The van der Waals surface area contributed by atoms with E-state index in [1.54, 1.807) is 6.20 Å². The molecule has 0 N–H and O–H groups in total. The van der Waals surface area contributed by atoms with Crippen molar-refractivity contribution in [3.05, 3.63) is 164 Å². The van der Waals surface area contributed by atoms with Crippen molar-refractivity contribution in [2.75, 3.05) is 4.90 Å². The predicted octanol–water partition coefficient (Wildman–Crippen LogP) is 11.2. The maximum Gasteiger partial charge on any atom is 0.153 e. The van der Waals surface area contributed by atoms with E-state index in [1.165, 1.54) is 21.8 Å². The fourth-order valence-electron chi connectivity index (χ4n) is 6.67. The quantitative estimate of drug-likeness (QED) is 0.204. The molecule has 9 rings (SSSR count). The summed E-state index contributed by atoms with van der Waals surface area (Å²) in [6.07, 6.45) is 3.60. The third kappa shape index (κ3) is 4.11. The van der Waals surface area contributed by atoms with Crippen LogP contribution in [0.4, 0.5) is 17.1 Å². The van der Waals surface area contributed by atoms with Gasteiger partial charge in [0.2, 0.25) is 0 Å². The van der Waals surface area contributed by atoms with Gasteiger partial charge in [0.15, 0.2) is 5.58 Å². The van der Waals surface area contributed by atoms with Crippen molar-refractivity contribution in [2.24, 2.45) is 0 Å². The molecule has 0 aliphatic heterocycles. The second kappa shape index (κ2) is 10.2. The molecule has 4 nitrogen and oxygen atoms in total. The molecule has 0 unspecified atom stereocenters. The van der Waals surface area contributed by atoms with Crippen molar-refractivity contribution in [3.8, 4) is 16.8 Å². The lowest BCUT2D eigenvalue weighted by Crippen LogP contribution is -2.11. The van der Waals surface area contributed by atoms with Crippen LogP contribution in [0.3, 0.4) is 0 Å². The van der Waals surface area contributed by atoms with Crippen LogP contribution in [-0.2, 0) is 0 Å². The lowest BCUT2D eigenvalue weighted by Gasteiger charge is -2.28. The van der Waals surface area contributed by atoms with Crippen molar-refractivity contribution < 1.29 is 4.42 Å². The molecule has 9 aromatic rings. The van der Waals surface area contributed by atoms with Gasteiger partial charge < -0.3 is 13.9 Å². The minimum atomic E-state index is 0.791. The molecule has 0 spiro atoms. The van der Waals surface area contributed by atoms with E-state index in [-0.39, 0.29) is 0 Å². The number of fused-ring (bicyclic) bond motifs is 6. The summed E-state index contributed by atoms with van der Waals surface area (Å²) in [6.45, 7) is 0.